The lowest BCUT2D eigenvalue weighted by Crippen LogP contribution is -2.17. The molecule has 16 heavy (non-hydrogen) atoms. The van der Waals surface area contributed by atoms with Gasteiger partial charge in [0.05, 0.1) is 10.8 Å². The summed E-state index contributed by atoms with van der Waals surface area (Å²) in [7, 11) is -1.08. The van der Waals surface area contributed by atoms with Crippen LogP contribution in [0.2, 0.25) is 0 Å². The lowest BCUT2D eigenvalue weighted by Gasteiger charge is -2.03. The van der Waals surface area contributed by atoms with Crippen molar-refractivity contribution in [2.24, 2.45) is 0 Å². The van der Waals surface area contributed by atoms with Crippen molar-refractivity contribution < 1.29 is 8.60 Å². The number of benzene rings is 1. The van der Waals surface area contributed by atoms with Gasteiger partial charge in [-0.1, -0.05) is 13.0 Å². The number of hydrogen-bond donors (Lipinski definition) is 1. The van der Waals surface area contributed by atoms with Crippen molar-refractivity contribution in [3.63, 3.8) is 0 Å². The monoisotopic (exact) mass is 243 g/mol. The summed E-state index contributed by atoms with van der Waals surface area (Å²) in [6, 6.07) is 6.01. The molecule has 0 saturated carbocycles. The smallest absolute Gasteiger partial charge is 0.124 e. The number of hydrogen-bond acceptors (Lipinski definition) is 2. The van der Waals surface area contributed by atoms with Crippen LogP contribution in [0, 0.1) is 5.82 Å². The Morgan fingerprint density at radius 2 is 2.19 bits per heavy atom. The van der Waals surface area contributed by atoms with Crippen LogP contribution in [0.4, 0.5) is 4.39 Å². The first-order valence-electron chi connectivity index (χ1n) is 5.58. The quantitative estimate of drug-likeness (QED) is 0.745. The highest BCUT2D eigenvalue weighted by Gasteiger charge is 2.03. The molecule has 0 radical (unpaired) electrons. The third kappa shape index (κ3) is 4.86. The molecule has 1 N–H and O–H groups in total. The van der Waals surface area contributed by atoms with Crippen molar-refractivity contribution in [3.05, 3.63) is 30.1 Å². The molecule has 1 atom stereocenters. The molecule has 4 heteroatoms. The first kappa shape index (κ1) is 13.3. The molecular formula is C12H18FNOS. The van der Waals surface area contributed by atoms with Gasteiger partial charge in [0, 0.05) is 10.6 Å². The van der Waals surface area contributed by atoms with Crippen LogP contribution in [0.15, 0.2) is 29.2 Å². The highest BCUT2D eigenvalue weighted by molar-refractivity contribution is 7.85. The maximum atomic E-state index is 12.9. The molecule has 0 spiro atoms. The van der Waals surface area contributed by atoms with Gasteiger partial charge in [-0.05, 0) is 44.1 Å². The molecule has 0 aliphatic rings. The molecule has 0 aliphatic heterocycles. The highest BCUT2D eigenvalue weighted by atomic mass is 32.2. The molecule has 1 aromatic carbocycles. The average molecular weight is 243 g/mol. The highest BCUT2D eigenvalue weighted by Crippen LogP contribution is 2.09. The van der Waals surface area contributed by atoms with Gasteiger partial charge >= 0.3 is 0 Å². The van der Waals surface area contributed by atoms with Gasteiger partial charge in [-0.2, -0.15) is 0 Å². The fraction of sp³-hybridized carbons (Fsp3) is 0.500. The number of halogens is 1. The van der Waals surface area contributed by atoms with Gasteiger partial charge in [-0.15, -0.1) is 0 Å². The Balaban J connectivity index is 2.30. The Kier molecular flexibility index (Phi) is 6.26. The lowest BCUT2D eigenvalue weighted by molar-refractivity contribution is 0.622. The maximum absolute atomic E-state index is 12.9. The molecule has 90 valence electrons. The van der Waals surface area contributed by atoms with Crippen molar-refractivity contribution >= 4 is 10.8 Å². The van der Waals surface area contributed by atoms with Gasteiger partial charge in [0.1, 0.15) is 5.82 Å². The van der Waals surface area contributed by atoms with E-state index in [9.17, 15) is 8.60 Å². The van der Waals surface area contributed by atoms with Crippen LogP contribution in [0.25, 0.3) is 0 Å². The van der Waals surface area contributed by atoms with Gasteiger partial charge in [0.2, 0.25) is 0 Å². The molecule has 2 nitrogen and oxygen atoms in total. The molecule has 0 amide bonds. The van der Waals surface area contributed by atoms with E-state index in [0.29, 0.717) is 10.6 Å². The van der Waals surface area contributed by atoms with E-state index in [1.807, 2.05) is 0 Å². The predicted molar refractivity (Wildman–Crippen MR) is 65.5 cm³/mol. The van der Waals surface area contributed by atoms with E-state index in [0.717, 1.165) is 25.9 Å². The maximum Gasteiger partial charge on any atom is 0.124 e. The Labute approximate surface area is 98.7 Å². The van der Waals surface area contributed by atoms with E-state index in [-0.39, 0.29) is 5.82 Å². The minimum atomic E-state index is -1.08. The number of rotatable bonds is 7. The zero-order valence-corrected chi connectivity index (χ0v) is 10.4. The van der Waals surface area contributed by atoms with E-state index in [4.69, 9.17) is 0 Å². The van der Waals surface area contributed by atoms with E-state index in [2.05, 4.69) is 12.2 Å². The van der Waals surface area contributed by atoms with Crippen LogP contribution in [0.1, 0.15) is 19.8 Å². The molecule has 0 saturated heterocycles. The second-order valence-corrected chi connectivity index (χ2v) is 5.18. The van der Waals surface area contributed by atoms with Crippen LogP contribution in [-0.4, -0.2) is 23.1 Å². The van der Waals surface area contributed by atoms with E-state index in [1.54, 1.807) is 12.1 Å². The van der Waals surface area contributed by atoms with Crippen LogP contribution < -0.4 is 5.32 Å². The van der Waals surface area contributed by atoms with Gasteiger partial charge < -0.3 is 5.32 Å². The third-order valence-corrected chi connectivity index (χ3v) is 3.61. The summed E-state index contributed by atoms with van der Waals surface area (Å²) in [6.07, 6.45) is 1.95. The summed E-state index contributed by atoms with van der Waals surface area (Å²) < 4.78 is 24.6. The van der Waals surface area contributed by atoms with Crippen LogP contribution in [-0.2, 0) is 10.8 Å². The zero-order valence-electron chi connectivity index (χ0n) is 9.54. The summed E-state index contributed by atoms with van der Waals surface area (Å²) in [5, 5.41) is 3.24. The summed E-state index contributed by atoms with van der Waals surface area (Å²) in [4.78, 5) is 0.579. The molecule has 1 aromatic rings. The summed E-state index contributed by atoms with van der Waals surface area (Å²) >= 11 is 0. The molecule has 1 unspecified atom stereocenters. The van der Waals surface area contributed by atoms with Gasteiger partial charge in [0.25, 0.3) is 0 Å². The summed E-state index contributed by atoms with van der Waals surface area (Å²) in [5.41, 5.74) is 0. The zero-order chi connectivity index (χ0) is 11.8. The van der Waals surface area contributed by atoms with Crippen molar-refractivity contribution in [3.8, 4) is 0 Å². The van der Waals surface area contributed by atoms with Crippen molar-refractivity contribution in [1.29, 1.82) is 0 Å². The minimum absolute atomic E-state index is 0.324. The molecule has 0 bridgehead atoms. The van der Waals surface area contributed by atoms with Crippen molar-refractivity contribution in [2.75, 3.05) is 18.8 Å². The van der Waals surface area contributed by atoms with E-state index >= 15 is 0 Å². The van der Waals surface area contributed by atoms with Crippen LogP contribution in [0.5, 0.6) is 0 Å². The average Bonchev–Trinajstić information content (AvgIpc) is 2.28. The molecular weight excluding hydrogens is 225 g/mol. The van der Waals surface area contributed by atoms with Crippen molar-refractivity contribution in [2.45, 2.75) is 24.7 Å². The third-order valence-electron chi connectivity index (χ3n) is 2.17. The molecule has 0 fully saturated rings. The molecule has 0 heterocycles. The first-order chi connectivity index (χ1) is 7.74. The molecule has 0 aromatic heterocycles. The molecule has 1 rings (SSSR count). The van der Waals surface area contributed by atoms with Gasteiger partial charge in [-0.25, -0.2) is 4.39 Å². The normalized spacial score (nSPS) is 12.6. The lowest BCUT2D eigenvalue weighted by atomic mass is 10.4. The second kappa shape index (κ2) is 7.52. The number of nitrogens with one attached hydrogen (secondary N) is 1. The van der Waals surface area contributed by atoms with E-state index < -0.39 is 10.8 Å². The standard InChI is InChI=1S/C12H18FNOS/c1-2-7-14-8-4-9-16(15)12-6-3-5-11(13)10-12/h3,5-6,10,14H,2,4,7-9H2,1H3. The Morgan fingerprint density at radius 3 is 2.88 bits per heavy atom. The Hall–Kier alpha value is -0.740. The fourth-order valence-electron chi connectivity index (χ4n) is 1.36. The summed E-state index contributed by atoms with van der Waals surface area (Å²) in [6.45, 7) is 3.97. The second-order valence-electron chi connectivity index (χ2n) is 3.61. The van der Waals surface area contributed by atoms with Gasteiger partial charge in [-0.3, -0.25) is 4.21 Å². The predicted octanol–water partition coefficient (Wildman–Crippen LogP) is 2.32. The molecule has 0 aliphatic carbocycles. The largest absolute Gasteiger partial charge is 0.317 e. The Morgan fingerprint density at radius 1 is 1.38 bits per heavy atom. The fourth-order valence-corrected chi connectivity index (χ4v) is 2.47. The SMILES string of the molecule is CCCNCCCS(=O)c1cccc(F)c1. The topological polar surface area (TPSA) is 29.1 Å². The van der Waals surface area contributed by atoms with Crippen LogP contribution in [0.3, 0.4) is 0 Å². The van der Waals surface area contributed by atoms with Gasteiger partial charge in [0.15, 0.2) is 0 Å². The minimum Gasteiger partial charge on any atom is -0.317 e. The summed E-state index contributed by atoms with van der Waals surface area (Å²) in [5.74, 6) is 0.259. The van der Waals surface area contributed by atoms with Crippen molar-refractivity contribution in [1.82, 2.24) is 5.32 Å². The van der Waals surface area contributed by atoms with Crippen LogP contribution >= 0.6 is 0 Å². The Bertz CT molecular complexity index is 344. The van der Waals surface area contributed by atoms with E-state index in [1.165, 1.54) is 12.1 Å². The first-order valence-corrected chi connectivity index (χ1v) is 6.90.